The molecule has 0 aromatic carbocycles. The Balaban J connectivity index is 2.41. The summed E-state index contributed by atoms with van der Waals surface area (Å²) in [6.45, 7) is 2.32. The highest BCUT2D eigenvalue weighted by atomic mass is 32.2. The lowest BCUT2D eigenvalue weighted by Crippen LogP contribution is -2.40. The third kappa shape index (κ3) is 2.40. The fourth-order valence-corrected chi connectivity index (χ4v) is 3.24. The summed E-state index contributed by atoms with van der Waals surface area (Å²) in [5, 5.41) is 4.28. The Kier molecular flexibility index (Phi) is 4.44. The van der Waals surface area contributed by atoms with Crippen molar-refractivity contribution in [3.05, 3.63) is 0 Å². The third-order valence-corrected chi connectivity index (χ3v) is 4.28. The molecule has 1 aliphatic rings. The van der Waals surface area contributed by atoms with Gasteiger partial charge in [-0.25, -0.2) is 0 Å². The summed E-state index contributed by atoms with van der Waals surface area (Å²) in [5.74, 6) is 0.993. The van der Waals surface area contributed by atoms with E-state index in [4.69, 9.17) is 0 Å². The minimum absolute atomic E-state index is 0.766. The smallest absolute Gasteiger partial charge is 0.0200 e. The molecule has 3 atom stereocenters. The number of nitrogens with one attached hydrogen (secondary N) is 1. The fourth-order valence-electron chi connectivity index (χ4n) is 2.17. The highest BCUT2D eigenvalue weighted by Crippen LogP contribution is 2.32. The minimum atomic E-state index is 0.766. The largest absolute Gasteiger partial charge is 0.316 e. The number of hydrogen-bond donors (Lipinski definition) is 1. The van der Waals surface area contributed by atoms with Crippen molar-refractivity contribution in [2.75, 3.05) is 13.3 Å². The van der Waals surface area contributed by atoms with Crippen LogP contribution in [0.3, 0.4) is 0 Å². The van der Waals surface area contributed by atoms with Crippen LogP contribution >= 0.6 is 11.8 Å². The molecule has 0 amide bonds. The zero-order chi connectivity index (χ0) is 8.97. The molecule has 0 aliphatic heterocycles. The Morgan fingerprint density at radius 2 is 2.17 bits per heavy atom. The first-order valence-corrected chi connectivity index (χ1v) is 6.30. The molecule has 3 unspecified atom stereocenters. The predicted octanol–water partition coefficient (Wildman–Crippen LogP) is 2.52. The molecule has 1 rings (SSSR count). The van der Waals surface area contributed by atoms with Crippen LogP contribution in [0.4, 0.5) is 0 Å². The zero-order valence-electron chi connectivity index (χ0n) is 8.47. The summed E-state index contributed by atoms with van der Waals surface area (Å²) in [7, 11) is 2.10. The van der Waals surface area contributed by atoms with Crippen LogP contribution in [0.5, 0.6) is 0 Å². The van der Waals surface area contributed by atoms with Crippen molar-refractivity contribution < 1.29 is 0 Å². The second-order valence-corrected chi connectivity index (χ2v) is 4.83. The maximum Gasteiger partial charge on any atom is 0.0200 e. The molecule has 1 N–H and O–H groups in total. The van der Waals surface area contributed by atoms with Gasteiger partial charge >= 0.3 is 0 Å². The zero-order valence-corrected chi connectivity index (χ0v) is 9.29. The molecule has 0 saturated heterocycles. The van der Waals surface area contributed by atoms with E-state index in [1.165, 1.54) is 25.7 Å². The summed E-state index contributed by atoms with van der Waals surface area (Å²) >= 11 is 2.04. The van der Waals surface area contributed by atoms with E-state index in [-0.39, 0.29) is 0 Å². The molecular weight excluding hydrogens is 166 g/mol. The summed E-state index contributed by atoms with van der Waals surface area (Å²) in [6.07, 6.45) is 7.84. The van der Waals surface area contributed by atoms with Gasteiger partial charge in [0.2, 0.25) is 0 Å². The molecule has 0 heterocycles. The quantitative estimate of drug-likeness (QED) is 0.728. The lowest BCUT2D eigenvalue weighted by molar-refractivity contribution is 0.305. The van der Waals surface area contributed by atoms with Crippen LogP contribution in [0, 0.1) is 5.92 Å². The van der Waals surface area contributed by atoms with Crippen LogP contribution < -0.4 is 5.32 Å². The van der Waals surface area contributed by atoms with E-state index >= 15 is 0 Å². The molecule has 0 radical (unpaired) electrons. The van der Waals surface area contributed by atoms with Crippen LogP contribution in [0.15, 0.2) is 0 Å². The Hall–Kier alpha value is 0.310. The average molecular weight is 187 g/mol. The Morgan fingerprint density at radius 1 is 1.42 bits per heavy atom. The van der Waals surface area contributed by atoms with Crippen LogP contribution in [-0.2, 0) is 0 Å². The number of rotatable bonds is 3. The molecule has 1 aliphatic carbocycles. The van der Waals surface area contributed by atoms with E-state index < -0.39 is 0 Å². The van der Waals surface area contributed by atoms with Crippen LogP contribution in [0.2, 0.25) is 0 Å². The topological polar surface area (TPSA) is 12.0 Å². The Labute approximate surface area is 80.7 Å². The van der Waals surface area contributed by atoms with E-state index in [9.17, 15) is 0 Å². The average Bonchev–Trinajstić information content (AvgIpc) is 2.16. The summed E-state index contributed by atoms with van der Waals surface area (Å²) in [4.78, 5) is 0. The van der Waals surface area contributed by atoms with Gasteiger partial charge in [-0.1, -0.05) is 13.3 Å². The Bertz CT molecular complexity index is 127. The first-order chi connectivity index (χ1) is 5.81. The van der Waals surface area contributed by atoms with E-state index in [2.05, 4.69) is 25.5 Å². The molecule has 12 heavy (non-hydrogen) atoms. The molecular formula is C10H21NS. The third-order valence-electron chi connectivity index (χ3n) is 3.15. The molecule has 0 aromatic rings. The molecule has 1 nitrogen and oxygen atoms in total. The SMILES string of the molecule is CCC1CCC(NC)C(SC)C1. The Morgan fingerprint density at radius 3 is 2.67 bits per heavy atom. The van der Waals surface area contributed by atoms with Crippen molar-refractivity contribution in [1.29, 1.82) is 0 Å². The van der Waals surface area contributed by atoms with Gasteiger partial charge in [-0.3, -0.25) is 0 Å². The lowest BCUT2D eigenvalue weighted by Gasteiger charge is -2.34. The van der Waals surface area contributed by atoms with Gasteiger partial charge in [-0.15, -0.1) is 0 Å². The van der Waals surface area contributed by atoms with Gasteiger partial charge in [0, 0.05) is 11.3 Å². The highest BCUT2D eigenvalue weighted by Gasteiger charge is 2.27. The van der Waals surface area contributed by atoms with Gasteiger partial charge in [-0.05, 0) is 38.5 Å². The number of hydrogen-bond acceptors (Lipinski definition) is 2. The molecule has 0 bridgehead atoms. The van der Waals surface area contributed by atoms with Gasteiger partial charge in [0.15, 0.2) is 0 Å². The van der Waals surface area contributed by atoms with Gasteiger partial charge in [0.25, 0.3) is 0 Å². The maximum absolute atomic E-state index is 3.43. The fraction of sp³-hybridized carbons (Fsp3) is 1.00. The van der Waals surface area contributed by atoms with Crippen molar-refractivity contribution in [2.24, 2.45) is 5.92 Å². The van der Waals surface area contributed by atoms with Gasteiger partial charge in [-0.2, -0.15) is 11.8 Å². The molecule has 0 aromatic heterocycles. The molecule has 72 valence electrons. The lowest BCUT2D eigenvalue weighted by atomic mass is 9.84. The first kappa shape index (κ1) is 10.4. The van der Waals surface area contributed by atoms with Crippen molar-refractivity contribution in [2.45, 2.75) is 43.9 Å². The second kappa shape index (κ2) is 5.13. The van der Waals surface area contributed by atoms with Crippen LogP contribution in [-0.4, -0.2) is 24.6 Å². The standard InChI is InChI=1S/C10H21NS/c1-4-8-5-6-9(11-2)10(7-8)12-3/h8-11H,4-7H2,1-3H3. The van der Waals surface area contributed by atoms with E-state index in [1.807, 2.05) is 11.8 Å². The van der Waals surface area contributed by atoms with Crippen LogP contribution in [0.25, 0.3) is 0 Å². The molecule has 2 heteroatoms. The monoisotopic (exact) mass is 187 g/mol. The summed E-state index contributed by atoms with van der Waals surface area (Å²) in [6, 6.07) is 0.766. The minimum Gasteiger partial charge on any atom is -0.316 e. The normalized spacial score (nSPS) is 36.8. The molecule has 1 saturated carbocycles. The van der Waals surface area contributed by atoms with Crippen molar-refractivity contribution in [1.82, 2.24) is 5.32 Å². The van der Waals surface area contributed by atoms with Crippen molar-refractivity contribution in [3.63, 3.8) is 0 Å². The van der Waals surface area contributed by atoms with Crippen molar-refractivity contribution >= 4 is 11.8 Å². The first-order valence-electron chi connectivity index (χ1n) is 5.01. The molecule has 1 fully saturated rings. The van der Waals surface area contributed by atoms with E-state index in [0.29, 0.717) is 0 Å². The maximum atomic E-state index is 3.43. The van der Waals surface area contributed by atoms with Gasteiger partial charge in [0.05, 0.1) is 0 Å². The predicted molar refractivity (Wildman–Crippen MR) is 57.8 cm³/mol. The van der Waals surface area contributed by atoms with Crippen LogP contribution in [0.1, 0.15) is 32.6 Å². The highest BCUT2D eigenvalue weighted by molar-refractivity contribution is 7.99. The van der Waals surface area contributed by atoms with E-state index in [0.717, 1.165) is 17.2 Å². The number of thioether (sulfide) groups is 1. The van der Waals surface area contributed by atoms with Gasteiger partial charge < -0.3 is 5.32 Å². The van der Waals surface area contributed by atoms with Crippen molar-refractivity contribution in [3.8, 4) is 0 Å². The summed E-state index contributed by atoms with van der Waals surface area (Å²) in [5.41, 5.74) is 0. The summed E-state index contributed by atoms with van der Waals surface area (Å²) < 4.78 is 0. The second-order valence-electron chi connectivity index (χ2n) is 3.76. The molecule has 0 spiro atoms. The van der Waals surface area contributed by atoms with Gasteiger partial charge in [0.1, 0.15) is 0 Å². The van der Waals surface area contributed by atoms with E-state index in [1.54, 1.807) is 0 Å².